The average Bonchev–Trinajstić information content (AvgIpc) is 2.43. The fourth-order valence-electron chi connectivity index (χ4n) is 2.25. The standard InChI is InChI=1S/C15H20N2O2S/c1-11(20(3,18)19)15(16-2)10-13-9-8-12-6-4-5-7-14(12)17-13/h4-9,11,15-16H,10H2,1-3H3. The predicted octanol–water partition coefficient (Wildman–Crippen LogP) is 1.80. The van der Waals surface area contributed by atoms with Gasteiger partial charge in [-0.25, -0.2) is 8.42 Å². The van der Waals surface area contributed by atoms with Crippen LogP contribution in [-0.4, -0.2) is 38.0 Å². The van der Waals surface area contributed by atoms with Crippen molar-refractivity contribution in [2.24, 2.45) is 0 Å². The molecule has 108 valence electrons. The zero-order chi connectivity index (χ0) is 14.8. The molecule has 0 aliphatic heterocycles. The third-order valence-electron chi connectivity index (χ3n) is 3.70. The summed E-state index contributed by atoms with van der Waals surface area (Å²) in [6.07, 6.45) is 1.87. The van der Waals surface area contributed by atoms with E-state index in [0.29, 0.717) is 6.42 Å². The van der Waals surface area contributed by atoms with Crippen molar-refractivity contribution in [3.05, 3.63) is 42.1 Å². The minimum atomic E-state index is -3.07. The van der Waals surface area contributed by atoms with Crippen molar-refractivity contribution in [3.8, 4) is 0 Å². The van der Waals surface area contributed by atoms with E-state index < -0.39 is 15.1 Å². The maximum absolute atomic E-state index is 11.7. The van der Waals surface area contributed by atoms with Crippen molar-refractivity contribution >= 4 is 20.7 Å². The number of likely N-dealkylation sites (N-methyl/N-ethyl adjacent to an activating group) is 1. The Morgan fingerprint density at radius 2 is 1.90 bits per heavy atom. The topological polar surface area (TPSA) is 59.1 Å². The molecule has 2 atom stereocenters. The van der Waals surface area contributed by atoms with Gasteiger partial charge in [0.25, 0.3) is 0 Å². The Morgan fingerprint density at radius 1 is 1.20 bits per heavy atom. The van der Waals surface area contributed by atoms with Gasteiger partial charge in [-0.2, -0.15) is 0 Å². The van der Waals surface area contributed by atoms with Gasteiger partial charge in [-0.1, -0.05) is 24.3 Å². The SMILES string of the molecule is CNC(Cc1ccc2ccccc2n1)C(C)S(C)(=O)=O. The van der Waals surface area contributed by atoms with Crippen molar-refractivity contribution in [1.29, 1.82) is 0 Å². The minimum absolute atomic E-state index is 0.140. The van der Waals surface area contributed by atoms with Crippen molar-refractivity contribution in [1.82, 2.24) is 10.3 Å². The number of sulfone groups is 1. The number of rotatable bonds is 5. The van der Waals surface area contributed by atoms with Crippen LogP contribution in [0.5, 0.6) is 0 Å². The Morgan fingerprint density at radius 3 is 2.55 bits per heavy atom. The third-order valence-corrected chi connectivity index (χ3v) is 5.38. The Hall–Kier alpha value is -1.46. The number of pyridine rings is 1. The average molecular weight is 292 g/mol. The summed E-state index contributed by atoms with van der Waals surface area (Å²) in [7, 11) is -1.28. The maximum atomic E-state index is 11.7. The first-order valence-corrected chi connectivity index (χ1v) is 8.58. The number of para-hydroxylation sites is 1. The molecule has 2 unspecified atom stereocenters. The van der Waals surface area contributed by atoms with Gasteiger partial charge in [-0.15, -0.1) is 0 Å². The summed E-state index contributed by atoms with van der Waals surface area (Å²) in [5.41, 5.74) is 1.84. The third kappa shape index (κ3) is 3.35. The minimum Gasteiger partial charge on any atom is -0.315 e. The maximum Gasteiger partial charge on any atom is 0.151 e. The van der Waals surface area contributed by atoms with E-state index in [1.54, 1.807) is 14.0 Å². The number of benzene rings is 1. The number of hydrogen-bond donors (Lipinski definition) is 1. The van der Waals surface area contributed by atoms with E-state index in [2.05, 4.69) is 10.3 Å². The summed E-state index contributed by atoms with van der Waals surface area (Å²) >= 11 is 0. The lowest BCUT2D eigenvalue weighted by atomic mass is 10.1. The normalized spacial score (nSPS) is 15.2. The Balaban J connectivity index is 2.25. The molecule has 1 N–H and O–H groups in total. The lowest BCUT2D eigenvalue weighted by molar-refractivity contribution is 0.513. The molecule has 20 heavy (non-hydrogen) atoms. The monoisotopic (exact) mass is 292 g/mol. The second-order valence-corrected chi connectivity index (χ2v) is 7.53. The van der Waals surface area contributed by atoms with E-state index in [0.717, 1.165) is 16.6 Å². The molecular weight excluding hydrogens is 272 g/mol. The summed E-state index contributed by atoms with van der Waals surface area (Å²) in [4.78, 5) is 4.59. The molecule has 0 amide bonds. The molecule has 0 saturated carbocycles. The second kappa shape index (κ2) is 5.89. The van der Waals surface area contributed by atoms with Crippen LogP contribution < -0.4 is 5.32 Å². The summed E-state index contributed by atoms with van der Waals surface area (Å²) in [5.74, 6) is 0. The number of fused-ring (bicyclic) bond motifs is 1. The van der Waals surface area contributed by atoms with Crippen LogP contribution in [0.3, 0.4) is 0 Å². The summed E-state index contributed by atoms with van der Waals surface area (Å²) in [6, 6.07) is 11.8. The van der Waals surface area contributed by atoms with E-state index >= 15 is 0 Å². The number of aromatic nitrogens is 1. The Labute approximate surface area is 120 Å². The molecule has 2 rings (SSSR count). The quantitative estimate of drug-likeness (QED) is 0.913. The van der Waals surface area contributed by atoms with Gasteiger partial charge in [-0.05, 0) is 26.1 Å². The van der Waals surface area contributed by atoms with Crippen LogP contribution in [0.25, 0.3) is 10.9 Å². The molecule has 0 bridgehead atoms. The lowest BCUT2D eigenvalue weighted by Crippen LogP contribution is -2.42. The zero-order valence-electron chi connectivity index (χ0n) is 12.0. The van der Waals surface area contributed by atoms with Gasteiger partial charge in [0.1, 0.15) is 0 Å². The van der Waals surface area contributed by atoms with Gasteiger partial charge in [0, 0.05) is 29.8 Å². The van der Waals surface area contributed by atoms with Gasteiger partial charge in [0.05, 0.1) is 10.8 Å². The summed E-state index contributed by atoms with van der Waals surface area (Å²) < 4.78 is 23.3. The van der Waals surface area contributed by atoms with Crippen LogP contribution in [0.15, 0.2) is 36.4 Å². The number of nitrogens with one attached hydrogen (secondary N) is 1. The molecule has 4 nitrogen and oxygen atoms in total. The molecule has 2 aromatic rings. The van der Waals surface area contributed by atoms with Crippen LogP contribution >= 0.6 is 0 Å². The first-order valence-electron chi connectivity index (χ1n) is 6.62. The van der Waals surface area contributed by atoms with Crippen molar-refractivity contribution in [3.63, 3.8) is 0 Å². The molecule has 5 heteroatoms. The summed E-state index contributed by atoms with van der Waals surface area (Å²) in [6.45, 7) is 1.73. The predicted molar refractivity (Wildman–Crippen MR) is 82.6 cm³/mol. The van der Waals surface area contributed by atoms with E-state index in [1.165, 1.54) is 6.26 Å². The van der Waals surface area contributed by atoms with Crippen molar-refractivity contribution < 1.29 is 8.42 Å². The van der Waals surface area contributed by atoms with Crippen LogP contribution in [0.1, 0.15) is 12.6 Å². The van der Waals surface area contributed by atoms with E-state index in [1.807, 2.05) is 36.4 Å². The van der Waals surface area contributed by atoms with Gasteiger partial charge in [0.15, 0.2) is 9.84 Å². The summed E-state index contributed by atoms with van der Waals surface area (Å²) in [5, 5.41) is 3.73. The lowest BCUT2D eigenvalue weighted by Gasteiger charge is -2.21. The fraction of sp³-hybridized carbons (Fsp3) is 0.400. The van der Waals surface area contributed by atoms with E-state index in [-0.39, 0.29) is 6.04 Å². The number of nitrogens with zero attached hydrogens (tertiary/aromatic N) is 1. The highest BCUT2D eigenvalue weighted by molar-refractivity contribution is 7.91. The molecule has 1 aromatic heterocycles. The molecule has 0 aliphatic carbocycles. The first-order chi connectivity index (χ1) is 9.41. The Kier molecular flexibility index (Phi) is 4.40. The van der Waals surface area contributed by atoms with Crippen LogP contribution in [0, 0.1) is 0 Å². The van der Waals surface area contributed by atoms with Crippen LogP contribution in [-0.2, 0) is 16.3 Å². The molecule has 1 heterocycles. The first kappa shape index (κ1) is 14.9. The molecule has 0 fully saturated rings. The molecule has 1 aromatic carbocycles. The molecule has 0 spiro atoms. The van der Waals surface area contributed by atoms with Gasteiger partial charge < -0.3 is 5.32 Å². The van der Waals surface area contributed by atoms with Gasteiger partial charge >= 0.3 is 0 Å². The smallest absolute Gasteiger partial charge is 0.151 e. The molecule has 0 radical (unpaired) electrons. The Bertz CT molecular complexity index is 698. The van der Waals surface area contributed by atoms with Crippen molar-refractivity contribution in [2.75, 3.05) is 13.3 Å². The fourth-order valence-corrected chi connectivity index (χ4v) is 3.08. The van der Waals surface area contributed by atoms with Gasteiger partial charge in [0.2, 0.25) is 0 Å². The van der Waals surface area contributed by atoms with E-state index in [9.17, 15) is 8.42 Å². The van der Waals surface area contributed by atoms with Crippen LogP contribution in [0.2, 0.25) is 0 Å². The molecular formula is C15H20N2O2S. The second-order valence-electron chi connectivity index (χ2n) is 5.13. The molecule has 0 aliphatic rings. The zero-order valence-corrected chi connectivity index (χ0v) is 12.8. The highest BCUT2D eigenvalue weighted by Gasteiger charge is 2.25. The largest absolute Gasteiger partial charge is 0.315 e. The highest BCUT2D eigenvalue weighted by Crippen LogP contribution is 2.15. The van der Waals surface area contributed by atoms with Gasteiger partial charge in [-0.3, -0.25) is 4.98 Å². The number of hydrogen-bond acceptors (Lipinski definition) is 4. The molecule has 0 saturated heterocycles. The van der Waals surface area contributed by atoms with E-state index in [4.69, 9.17) is 0 Å². The highest BCUT2D eigenvalue weighted by atomic mass is 32.2. The van der Waals surface area contributed by atoms with Crippen molar-refractivity contribution in [2.45, 2.75) is 24.6 Å². The van der Waals surface area contributed by atoms with Crippen LogP contribution in [0.4, 0.5) is 0 Å².